The summed E-state index contributed by atoms with van der Waals surface area (Å²) in [5, 5.41) is 3.66. The maximum absolute atomic E-state index is 5.76. The van der Waals surface area contributed by atoms with Gasteiger partial charge < -0.3 is 10.1 Å². The van der Waals surface area contributed by atoms with Crippen molar-refractivity contribution in [3.63, 3.8) is 0 Å². The molecule has 1 heterocycles. The number of likely N-dealkylation sites (N-methyl/N-ethyl adjacent to an activating group) is 1. The first-order valence-corrected chi connectivity index (χ1v) is 7.42. The van der Waals surface area contributed by atoms with Gasteiger partial charge in [-0.25, -0.2) is 0 Å². The van der Waals surface area contributed by atoms with Crippen LogP contribution in [0.25, 0.3) is 0 Å². The largest absolute Gasteiger partial charge is 0.493 e. The third-order valence-corrected chi connectivity index (χ3v) is 3.88. The van der Waals surface area contributed by atoms with Gasteiger partial charge in [0, 0.05) is 12.0 Å². The van der Waals surface area contributed by atoms with E-state index in [0.717, 1.165) is 31.7 Å². The molecule has 0 saturated carbocycles. The number of benzene rings is 1. The van der Waals surface area contributed by atoms with E-state index in [9.17, 15) is 0 Å². The number of fused-ring (bicyclic) bond motifs is 1. The summed E-state index contributed by atoms with van der Waals surface area (Å²) in [5.74, 6) is 1.65. The summed E-state index contributed by atoms with van der Waals surface area (Å²) >= 11 is 0. The van der Waals surface area contributed by atoms with E-state index < -0.39 is 0 Å². The highest BCUT2D eigenvalue weighted by Crippen LogP contribution is 2.36. The van der Waals surface area contributed by atoms with E-state index in [4.69, 9.17) is 4.74 Å². The van der Waals surface area contributed by atoms with E-state index in [1.54, 1.807) is 0 Å². The maximum Gasteiger partial charge on any atom is 0.122 e. The molecule has 2 atom stereocenters. The van der Waals surface area contributed by atoms with Crippen molar-refractivity contribution in [3.05, 3.63) is 42.5 Å². The average molecular weight is 259 g/mol. The molecule has 1 aromatic carbocycles. The molecule has 0 bridgehead atoms. The van der Waals surface area contributed by atoms with Crippen molar-refractivity contribution in [1.82, 2.24) is 5.32 Å². The Morgan fingerprint density at radius 2 is 2.32 bits per heavy atom. The highest BCUT2D eigenvalue weighted by atomic mass is 16.5. The van der Waals surface area contributed by atoms with E-state index in [1.165, 1.54) is 18.4 Å². The highest BCUT2D eigenvalue weighted by molar-refractivity contribution is 5.38. The highest BCUT2D eigenvalue weighted by Gasteiger charge is 2.27. The first-order valence-electron chi connectivity index (χ1n) is 7.42. The van der Waals surface area contributed by atoms with Gasteiger partial charge in [0.25, 0.3) is 0 Å². The minimum absolute atomic E-state index is 0.551. The van der Waals surface area contributed by atoms with Crippen LogP contribution in [0.1, 0.15) is 44.1 Å². The quantitative estimate of drug-likeness (QED) is 0.592. The third kappa shape index (κ3) is 3.60. The maximum atomic E-state index is 5.76. The van der Waals surface area contributed by atoms with Crippen LogP contribution in [0.4, 0.5) is 0 Å². The fourth-order valence-electron chi connectivity index (χ4n) is 2.98. The van der Waals surface area contributed by atoms with Crippen molar-refractivity contribution < 1.29 is 4.74 Å². The van der Waals surface area contributed by atoms with Crippen LogP contribution in [-0.4, -0.2) is 19.2 Å². The minimum atomic E-state index is 0.551. The van der Waals surface area contributed by atoms with Crippen molar-refractivity contribution in [1.29, 1.82) is 0 Å². The summed E-state index contributed by atoms with van der Waals surface area (Å²) in [6.45, 7) is 7.86. The average Bonchev–Trinajstić information content (AvgIpc) is 2.46. The lowest BCUT2D eigenvalue weighted by Gasteiger charge is -2.33. The molecule has 2 nitrogen and oxygen atoms in total. The number of rotatable bonds is 7. The Hall–Kier alpha value is -1.28. The van der Waals surface area contributed by atoms with Gasteiger partial charge in [0.15, 0.2) is 0 Å². The van der Waals surface area contributed by atoms with Crippen LogP contribution in [0.2, 0.25) is 0 Å². The van der Waals surface area contributed by atoms with Crippen molar-refractivity contribution in [3.8, 4) is 5.75 Å². The number of para-hydroxylation sites is 1. The summed E-state index contributed by atoms with van der Waals surface area (Å²) in [6.07, 6.45) is 6.65. The second-order valence-electron chi connectivity index (χ2n) is 5.17. The number of allylic oxidation sites excluding steroid dienone is 1. The SMILES string of the molecule is C=CCCCC(NCC)C1CCOc2ccccc21. The molecule has 2 heteroatoms. The first-order chi connectivity index (χ1) is 9.36. The second kappa shape index (κ2) is 7.34. The molecule has 0 aromatic heterocycles. The van der Waals surface area contributed by atoms with Crippen LogP contribution in [0.5, 0.6) is 5.75 Å². The summed E-state index contributed by atoms with van der Waals surface area (Å²) in [5.41, 5.74) is 1.37. The molecular formula is C17H25NO. The van der Waals surface area contributed by atoms with Crippen molar-refractivity contribution in [2.45, 2.75) is 44.6 Å². The molecule has 2 unspecified atom stereocenters. The molecule has 1 aromatic rings. The molecule has 2 rings (SSSR count). The Labute approximate surface area is 116 Å². The molecule has 0 fully saturated rings. The lowest BCUT2D eigenvalue weighted by molar-refractivity contribution is 0.241. The normalized spacial score (nSPS) is 19.3. The van der Waals surface area contributed by atoms with Crippen LogP contribution < -0.4 is 10.1 Å². The van der Waals surface area contributed by atoms with E-state index in [-0.39, 0.29) is 0 Å². The molecule has 0 spiro atoms. The van der Waals surface area contributed by atoms with Gasteiger partial charge in [-0.3, -0.25) is 0 Å². The molecule has 0 saturated heterocycles. The summed E-state index contributed by atoms with van der Waals surface area (Å²) in [6, 6.07) is 9.04. The topological polar surface area (TPSA) is 21.3 Å². The van der Waals surface area contributed by atoms with Gasteiger partial charge in [0.05, 0.1) is 6.61 Å². The van der Waals surface area contributed by atoms with Gasteiger partial charge in [0.2, 0.25) is 0 Å². The number of hydrogen-bond acceptors (Lipinski definition) is 2. The van der Waals surface area contributed by atoms with E-state index in [2.05, 4.69) is 43.1 Å². The van der Waals surface area contributed by atoms with Crippen LogP contribution in [0, 0.1) is 0 Å². The van der Waals surface area contributed by atoms with Crippen LogP contribution >= 0.6 is 0 Å². The zero-order chi connectivity index (χ0) is 13.5. The summed E-state index contributed by atoms with van der Waals surface area (Å²) in [4.78, 5) is 0. The van der Waals surface area contributed by atoms with Gasteiger partial charge in [-0.2, -0.15) is 0 Å². The molecular weight excluding hydrogens is 234 g/mol. The zero-order valence-corrected chi connectivity index (χ0v) is 11.9. The predicted molar refractivity (Wildman–Crippen MR) is 80.8 cm³/mol. The smallest absolute Gasteiger partial charge is 0.122 e. The number of unbranched alkanes of at least 4 members (excludes halogenated alkanes) is 1. The van der Waals surface area contributed by atoms with Crippen molar-refractivity contribution >= 4 is 0 Å². The van der Waals surface area contributed by atoms with E-state index in [0.29, 0.717) is 12.0 Å². The van der Waals surface area contributed by atoms with E-state index in [1.807, 2.05) is 6.08 Å². The standard InChI is InChI=1S/C17H25NO/c1-3-5-6-10-16(18-4-2)14-12-13-19-17-11-8-7-9-15(14)17/h3,7-9,11,14,16,18H,1,4-6,10,12-13H2,2H3. The number of hydrogen-bond donors (Lipinski definition) is 1. The molecule has 104 valence electrons. The minimum Gasteiger partial charge on any atom is -0.493 e. The fraction of sp³-hybridized carbons (Fsp3) is 0.529. The Balaban J connectivity index is 2.10. The molecule has 19 heavy (non-hydrogen) atoms. The van der Waals surface area contributed by atoms with Crippen LogP contribution in [0.3, 0.4) is 0 Å². The molecule has 0 radical (unpaired) electrons. The van der Waals surface area contributed by atoms with Gasteiger partial charge in [-0.15, -0.1) is 6.58 Å². The monoisotopic (exact) mass is 259 g/mol. The number of nitrogens with one attached hydrogen (secondary N) is 1. The fourth-order valence-corrected chi connectivity index (χ4v) is 2.98. The molecule has 0 amide bonds. The molecule has 0 aliphatic carbocycles. The van der Waals surface area contributed by atoms with Gasteiger partial charge in [-0.1, -0.05) is 31.2 Å². The van der Waals surface area contributed by atoms with E-state index >= 15 is 0 Å². The van der Waals surface area contributed by atoms with Gasteiger partial charge >= 0.3 is 0 Å². The Morgan fingerprint density at radius 3 is 3.11 bits per heavy atom. The summed E-state index contributed by atoms with van der Waals surface area (Å²) in [7, 11) is 0. The lowest BCUT2D eigenvalue weighted by atomic mass is 9.84. The predicted octanol–water partition coefficient (Wildman–Crippen LogP) is 3.89. The van der Waals surface area contributed by atoms with Crippen LogP contribution in [0.15, 0.2) is 36.9 Å². The van der Waals surface area contributed by atoms with Gasteiger partial charge in [-0.05, 0) is 43.9 Å². The lowest BCUT2D eigenvalue weighted by Crippen LogP contribution is -2.37. The molecule has 1 aliphatic heterocycles. The molecule has 1 N–H and O–H groups in total. The van der Waals surface area contributed by atoms with Gasteiger partial charge in [0.1, 0.15) is 5.75 Å². The summed E-state index contributed by atoms with van der Waals surface area (Å²) < 4.78 is 5.76. The first kappa shape index (κ1) is 14.1. The zero-order valence-electron chi connectivity index (χ0n) is 11.9. The Morgan fingerprint density at radius 1 is 1.47 bits per heavy atom. The van der Waals surface area contributed by atoms with Crippen LogP contribution in [-0.2, 0) is 0 Å². The van der Waals surface area contributed by atoms with Crippen molar-refractivity contribution in [2.24, 2.45) is 0 Å². The Bertz CT molecular complexity index is 402. The Kier molecular flexibility index (Phi) is 5.46. The van der Waals surface area contributed by atoms with Crippen molar-refractivity contribution in [2.75, 3.05) is 13.2 Å². The number of ether oxygens (including phenoxy) is 1. The second-order valence-corrected chi connectivity index (χ2v) is 5.17. The third-order valence-electron chi connectivity index (χ3n) is 3.88. The molecule has 1 aliphatic rings.